The second-order valence-corrected chi connectivity index (χ2v) is 7.66. The number of hydrogen-bond donors (Lipinski definition) is 1. The average molecular weight is 409 g/mol. The Morgan fingerprint density at radius 2 is 1.90 bits per heavy atom. The molecule has 1 atom stereocenters. The van der Waals surface area contributed by atoms with Gasteiger partial charge in [-0.05, 0) is 37.6 Å². The Hall–Kier alpha value is -2.90. The molecule has 7 heteroatoms. The first kappa shape index (κ1) is 20.4. The number of fused-ring (bicyclic) bond motifs is 1. The highest BCUT2D eigenvalue weighted by molar-refractivity contribution is 6.06. The normalized spacial score (nSPS) is 19.2. The molecule has 2 amide bonds. The fraction of sp³-hybridized carbons (Fsp3) is 0.391. The average Bonchev–Trinajstić information content (AvgIpc) is 2.75. The van der Waals surface area contributed by atoms with Crippen molar-refractivity contribution in [3.8, 4) is 5.75 Å². The molecule has 1 unspecified atom stereocenters. The first-order chi connectivity index (χ1) is 14.5. The first-order valence-corrected chi connectivity index (χ1v) is 10.3. The van der Waals surface area contributed by atoms with Crippen molar-refractivity contribution in [3.05, 3.63) is 53.6 Å². The third-order valence-electron chi connectivity index (χ3n) is 5.56. The number of morpholine rings is 1. The van der Waals surface area contributed by atoms with E-state index >= 15 is 0 Å². The van der Waals surface area contributed by atoms with Gasteiger partial charge in [-0.2, -0.15) is 0 Å². The highest BCUT2D eigenvalue weighted by Crippen LogP contribution is 2.36. The van der Waals surface area contributed by atoms with Crippen molar-refractivity contribution in [1.29, 1.82) is 0 Å². The number of nitrogens with zero attached hydrogens (tertiary/aromatic N) is 2. The van der Waals surface area contributed by atoms with Crippen LogP contribution in [0.3, 0.4) is 0 Å². The third kappa shape index (κ3) is 4.32. The van der Waals surface area contributed by atoms with Gasteiger partial charge in [0.2, 0.25) is 0 Å². The van der Waals surface area contributed by atoms with Crippen LogP contribution in [0.15, 0.2) is 42.5 Å². The van der Waals surface area contributed by atoms with Gasteiger partial charge in [-0.1, -0.05) is 18.2 Å². The van der Waals surface area contributed by atoms with Gasteiger partial charge in [-0.15, -0.1) is 0 Å². The lowest BCUT2D eigenvalue weighted by molar-refractivity contribution is -0.125. The third-order valence-corrected chi connectivity index (χ3v) is 5.56. The fourth-order valence-electron chi connectivity index (χ4n) is 3.81. The molecule has 2 aromatic carbocycles. The van der Waals surface area contributed by atoms with E-state index in [1.165, 1.54) is 0 Å². The number of ether oxygens (including phenoxy) is 2. The summed E-state index contributed by atoms with van der Waals surface area (Å²) in [5.74, 6) is 0.385. The number of carbonyl (C=O) groups is 2. The molecular weight excluding hydrogens is 382 g/mol. The molecule has 30 heavy (non-hydrogen) atoms. The number of nitrogens with one attached hydrogen (secondary N) is 1. The zero-order valence-corrected chi connectivity index (χ0v) is 17.4. The summed E-state index contributed by atoms with van der Waals surface area (Å²) in [5, 5.41) is 2.93. The maximum atomic E-state index is 12.7. The maximum absolute atomic E-state index is 12.7. The number of anilines is 2. The van der Waals surface area contributed by atoms with Crippen molar-refractivity contribution in [3.63, 3.8) is 0 Å². The maximum Gasteiger partial charge on any atom is 0.267 e. The molecule has 4 rings (SSSR count). The molecule has 2 aromatic rings. The van der Waals surface area contributed by atoms with Crippen molar-refractivity contribution >= 4 is 23.2 Å². The summed E-state index contributed by atoms with van der Waals surface area (Å²) < 4.78 is 11.2. The van der Waals surface area contributed by atoms with E-state index in [2.05, 4.69) is 10.2 Å². The highest BCUT2D eigenvalue weighted by Gasteiger charge is 2.32. The van der Waals surface area contributed by atoms with Crippen molar-refractivity contribution in [2.24, 2.45) is 0 Å². The van der Waals surface area contributed by atoms with E-state index in [4.69, 9.17) is 9.47 Å². The molecule has 0 radical (unpaired) electrons. The zero-order chi connectivity index (χ0) is 21.1. The van der Waals surface area contributed by atoms with Crippen LogP contribution < -0.4 is 15.0 Å². The van der Waals surface area contributed by atoms with Crippen molar-refractivity contribution in [1.82, 2.24) is 4.90 Å². The molecule has 2 aliphatic rings. The lowest BCUT2D eigenvalue weighted by atomic mass is 10.1. The van der Waals surface area contributed by atoms with Gasteiger partial charge < -0.3 is 19.7 Å². The van der Waals surface area contributed by atoms with Crippen molar-refractivity contribution < 1.29 is 19.1 Å². The minimum atomic E-state index is -0.565. The molecule has 158 valence electrons. The van der Waals surface area contributed by atoms with E-state index in [9.17, 15) is 9.59 Å². The Bertz CT molecular complexity index is 940. The van der Waals surface area contributed by atoms with E-state index in [1.54, 1.807) is 24.0 Å². The molecule has 0 spiro atoms. The number of carbonyl (C=O) groups excluding carboxylic acids is 2. The molecule has 0 aromatic heterocycles. The summed E-state index contributed by atoms with van der Waals surface area (Å²) in [6.07, 6.45) is -0.565. The number of aryl methyl sites for hydroxylation is 1. The van der Waals surface area contributed by atoms with Crippen LogP contribution in [0.1, 0.15) is 22.8 Å². The summed E-state index contributed by atoms with van der Waals surface area (Å²) in [6.45, 7) is 8.26. The zero-order valence-electron chi connectivity index (χ0n) is 17.4. The summed E-state index contributed by atoms with van der Waals surface area (Å²) >= 11 is 0. The highest BCUT2D eigenvalue weighted by atomic mass is 16.5. The summed E-state index contributed by atoms with van der Waals surface area (Å²) in [5.41, 5.74) is 2.92. The molecule has 2 heterocycles. The molecule has 1 saturated heterocycles. The monoisotopic (exact) mass is 409 g/mol. The van der Waals surface area contributed by atoms with Crippen LogP contribution in [0.4, 0.5) is 11.4 Å². The lowest BCUT2D eigenvalue weighted by Crippen LogP contribution is -2.48. The number of amides is 2. The van der Waals surface area contributed by atoms with Gasteiger partial charge in [0, 0.05) is 43.5 Å². The van der Waals surface area contributed by atoms with E-state index in [1.807, 2.05) is 37.3 Å². The Balaban J connectivity index is 1.50. The minimum absolute atomic E-state index is 0.0487. The number of benzene rings is 2. The quantitative estimate of drug-likeness (QED) is 0.822. The summed E-state index contributed by atoms with van der Waals surface area (Å²) in [7, 11) is 0. The number of hydrogen-bond acceptors (Lipinski definition) is 5. The van der Waals surface area contributed by atoms with E-state index in [0.717, 1.165) is 44.1 Å². The Labute approximate surface area is 176 Å². The predicted octanol–water partition coefficient (Wildman–Crippen LogP) is 2.69. The van der Waals surface area contributed by atoms with Gasteiger partial charge >= 0.3 is 0 Å². The molecule has 7 nitrogen and oxygen atoms in total. The standard InChI is InChI=1S/C23H27N3O4/c1-16-5-3-4-6-19(16)22(27)24-18-7-8-20-21(15-18)30-17(2)23(28)26(20)10-9-25-11-13-29-14-12-25/h3-8,15,17H,9-14H2,1-2H3,(H,24,27). The topological polar surface area (TPSA) is 71.1 Å². The second-order valence-electron chi connectivity index (χ2n) is 7.66. The molecule has 0 bridgehead atoms. The lowest BCUT2D eigenvalue weighted by Gasteiger charge is -2.35. The fourth-order valence-corrected chi connectivity index (χ4v) is 3.81. The molecular formula is C23H27N3O4. The summed E-state index contributed by atoms with van der Waals surface area (Å²) in [6, 6.07) is 12.9. The van der Waals surface area contributed by atoms with Crippen LogP contribution in [0.25, 0.3) is 0 Å². The summed E-state index contributed by atoms with van der Waals surface area (Å²) in [4.78, 5) is 29.4. The van der Waals surface area contributed by atoms with Crippen LogP contribution in [-0.4, -0.2) is 62.2 Å². The van der Waals surface area contributed by atoms with Crippen LogP contribution in [-0.2, 0) is 9.53 Å². The van der Waals surface area contributed by atoms with Crippen LogP contribution in [0, 0.1) is 6.92 Å². The predicted molar refractivity (Wildman–Crippen MR) is 115 cm³/mol. The Morgan fingerprint density at radius 1 is 1.13 bits per heavy atom. The van der Waals surface area contributed by atoms with Crippen molar-refractivity contribution in [2.75, 3.05) is 49.6 Å². The van der Waals surface area contributed by atoms with Gasteiger partial charge in [0.05, 0.1) is 18.9 Å². The van der Waals surface area contributed by atoms with Crippen molar-refractivity contribution in [2.45, 2.75) is 20.0 Å². The van der Waals surface area contributed by atoms with Gasteiger partial charge in [0.15, 0.2) is 6.10 Å². The molecule has 2 aliphatic heterocycles. The molecule has 0 aliphatic carbocycles. The Kier molecular flexibility index (Phi) is 6.01. The van der Waals surface area contributed by atoms with E-state index in [-0.39, 0.29) is 11.8 Å². The van der Waals surface area contributed by atoms with Gasteiger partial charge in [0.25, 0.3) is 11.8 Å². The van der Waals surface area contributed by atoms with E-state index < -0.39 is 6.10 Å². The molecule has 1 fully saturated rings. The largest absolute Gasteiger partial charge is 0.479 e. The van der Waals surface area contributed by atoms with E-state index in [0.29, 0.717) is 23.5 Å². The minimum Gasteiger partial charge on any atom is -0.479 e. The molecule has 0 saturated carbocycles. The van der Waals surface area contributed by atoms with Gasteiger partial charge in [-0.3, -0.25) is 14.5 Å². The van der Waals surface area contributed by atoms with Gasteiger partial charge in [-0.25, -0.2) is 0 Å². The van der Waals surface area contributed by atoms with Crippen LogP contribution >= 0.6 is 0 Å². The molecule has 1 N–H and O–H groups in total. The second kappa shape index (κ2) is 8.85. The van der Waals surface area contributed by atoms with Crippen LogP contribution in [0.2, 0.25) is 0 Å². The smallest absolute Gasteiger partial charge is 0.267 e. The first-order valence-electron chi connectivity index (χ1n) is 10.3. The van der Waals surface area contributed by atoms with Crippen LogP contribution in [0.5, 0.6) is 5.75 Å². The van der Waals surface area contributed by atoms with Gasteiger partial charge in [0.1, 0.15) is 5.75 Å². The number of rotatable bonds is 5. The SMILES string of the molecule is Cc1ccccc1C(=O)Nc1ccc2c(c1)OC(C)C(=O)N2CCN1CCOCC1. The Morgan fingerprint density at radius 3 is 2.67 bits per heavy atom.